The Hall–Kier alpha value is -0.0800. The van der Waals surface area contributed by atoms with Gasteiger partial charge in [-0.2, -0.15) is 0 Å². The molecule has 1 heterocycles. The zero-order valence-corrected chi connectivity index (χ0v) is 9.14. The molecule has 1 spiro atoms. The van der Waals surface area contributed by atoms with Gasteiger partial charge in [0.05, 0.1) is 0 Å². The van der Waals surface area contributed by atoms with E-state index in [1.165, 1.54) is 32.4 Å². The fourth-order valence-corrected chi connectivity index (χ4v) is 2.58. The van der Waals surface area contributed by atoms with Crippen molar-refractivity contribution in [2.75, 3.05) is 13.1 Å². The van der Waals surface area contributed by atoms with Crippen molar-refractivity contribution in [1.29, 1.82) is 0 Å². The molecule has 0 amide bonds. The van der Waals surface area contributed by atoms with E-state index in [4.69, 9.17) is 5.73 Å². The Balaban J connectivity index is 2.01. The van der Waals surface area contributed by atoms with Crippen molar-refractivity contribution in [3.05, 3.63) is 0 Å². The molecule has 2 unspecified atom stereocenters. The third-order valence-corrected chi connectivity index (χ3v) is 3.81. The minimum Gasteiger partial charge on any atom is -0.327 e. The molecular weight excluding hydrogens is 160 g/mol. The molecular formula is C11H22N2. The lowest BCUT2D eigenvalue weighted by Gasteiger charge is -2.42. The minimum atomic E-state index is 0.329. The summed E-state index contributed by atoms with van der Waals surface area (Å²) in [4.78, 5) is 2.60. The number of nitrogens with two attached hydrogens (primary N) is 1. The second kappa shape index (κ2) is 2.71. The third-order valence-electron chi connectivity index (χ3n) is 3.81. The average molecular weight is 182 g/mol. The van der Waals surface area contributed by atoms with Gasteiger partial charge in [-0.3, -0.25) is 4.90 Å². The highest BCUT2D eigenvalue weighted by Crippen LogP contribution is 2.51. The van der Waals surface area contributed by atoms with Crippen LogP contribution >= 0.6 is 0 Å². The molecule has 76 valence electrons. The van der Waals surface area contributed by atoms with E-state index in [0.717, 1.165) is 0 Å². The van der Waals surface area contributed by atoms with Crippen LogP contribution in [-0.2, 0) is 0 Å². The molecule has 1 saturated heterocycles. The Kier molecular flexibility index (Phi) is 1.97. The van der Waals surface area contributed by atoms with Crippen LogP contribution in [0, 0.1) is 5.41 Å². The first-order valence-electron chi connectivity index (χ1n) is 5.45. The maximum atomic E-state index is 6.01. The molecule has 2 rings (SSSR count). The number of likely N-dealkylation sites (tertiary alicyclic amines) is 1. The number of hydrogen-bond acceptors (Lipinski definition) is 2. The highest BCUT2D eigenvalue weighted by Gasteiger charge is 2.54. The Morgan fingerprint density at radius 1 is 1.38 bits per heavy atom. The van der Waals surface area contributed by atoms with Crippen LogP contribution in [0.25, 0.3) is 0 Å². The molecule has 2 aliphatic rings. The molecule has 1 saturated carbocycles. The number of rotatable bonds is 0. The molecule has 1 aliphatic heterocycles. The van der Waals surface area contributed by atoms with Gasteiger partial charge in [0.25, 0.3) is 0 Å². The molecule has 2 N–H and O–H groups in total. The van der Waals surface area contributed by atoms with E-state index >= 15 is 0 Å². The summed E-state index contributed by atoms with van der Waals surface area (Å²) in [5, 5.41) is 0. The Bertz CT molecular complexity index is 207. The van der Waals surface area contributed by atoms with Crippen molar-refractivity contribution in [2.45, 2.75) is 51.6 Å². The lowest BCUT2D eigenvalue weighted by atomic mass is 9.90. The highest BCUT2D eigenvalue weighted by atomic mass is 15.2. The molecule has 0 aromatic rings. The summed E-state index contributed by atoms with van der Waals surface area (Å²) in [5.74, 6) is 0. The van der Waals surface area contributed by atoms with Crippen LogP contribution < -0.4 is 5.73 Å². The van der Waals surface area contributed by atoms with Crippen LogP contribution in [0.15, 0.2) is 0 Å². The SMILES string of the molecule is CC(C)(C)N1CCCC2(CC2N)C1. The van der Waals surface area contributed by atoms with Gasteiger partial charge >= 0.3 is 0 Å². The van der Waals surface area contributed by atoms with Gasteiger partial charge in [-0.05, 0) is 52.0 Å². The van der Waals surface area contributed by atoms with Gasteiger partial charge in [0.15, 0.2) is 0 Å². The van der Waals surface area contributed by atoms with Crippen LogP contribution in [0.1, 0.15) is 40.0 Å². The standard InChI is InChI=1S/C11H22N2/c1-10(2,3)13-6-4-5-11(8-13)7-9(11)12/h9H,4-8,12H2,1-3H3. The van der Waals surface area contributed by atoms with E-state index in [1.54, 1.807) is 0 Å². The normalized spacial score (nSPS) is 41.1. The molecule has 0 bridgehead atoms. The predicted molar refractivity (Wildman–Crippen MR) is 55.6 cm³/mol. The van der Waals surface area contributed by atoms with Gasteiger partial charge in [0, 0.05) is 18.1 Å². The van der Waals surface area contributed by atoms with Crippen molar-refractivity contribution in [2.24, 2.45) is 11.1 Å². The summed E-state index contributed by atoms with van der Waals surface area (Å²) in [5.41, 5.74) is 6.86. The van der Waals surface area contributed by atoms with E-state index in [-0.39, 0.29) is 0 Å². The van der Waals surface area contributed by atoms with Gasteiger partial charge in [-0.1, -0.05) is 0 Å². The van der Waals surface area contributed by atoms with E-state index in [2.05, 4.69) is 25.7 Å². The largest absolute Gasteiger partial charge is 0.327 e. The second-order valence-corrected chi connectivity index (χ2v) is 5.87. The maximum absolute atomic E-state index is 6.01. The molecule has 13 heavy (non-hydrogen) atoms. The quantitative estimate of drug-likeness (QED) is 0.616. The van der Waals surface area contributed by atoms with E-state index in [9.17, 15) is 0 Å². The van der Waals surface area contributed by atoms with Crippen LogP contribution in [-0.4, -0.2) is 29.6 Å². The maximum Gasteiger partial charge on any atom is 0.0125 e. The van der Waals surface area contributed by atoms with Gasteiger partial charge in [-0.15, -0.1) is 0 Å². The van der Waals surface area contributed by atoms with Gasteiger partial charge in [0.2, 0.25) is 0 Å². The first kappa shape index (κ1) is 9.47. The summed E-state index contributed by atoms with van der Waals surface area (Å²) in [6.45, 7) is 9.41. The average Bonchev–Trinajstić information content (AvgIpc) is 2.59. The monoisotopic (exact) mass is 182 g/mol. The molecule has 0 aromatic carbocycles. The van der Waals surface area contributed by atoms with Gasteiger partial charge in [-0.25, -0.2) is 0 Å². The zero-order valence-electron chi connectivity index (χ0n) is 9.14. The van der Waals surface area contributed by atoms with Crippen molar-refractivity contribution in [3.8, 4) is 0 Å². The van der Waals surface area contributed by atoms with Crippen LogP contribution in [0.3, 0.4) is 0 Å². The Labute approximate surface area is 81.5 Å². The Morgan fingerprint density at radius 2 is 2.00 bits per heavy atom. The predicted octanol–water partition coefficient (Wildman–Crippen LogP) is 1.60. The molecule has 2 fully saturated rings. The van der Waals surface area contributed by atoms with Crippen LogP contribution in [0.5, 0.6) is 0 Å². The van der Waals surface area contributed by atoms with E-state index in [1.807, 2.05) is 0 Å². The second-order valence-electron chi connectivity index (χ2n) is 5.87. The number of piperidine rings is 1. The molecule has 0 radical (unpaired) electrons. The molecule has 1 aliphatic carbocycles. The fraction of sp³-hybridized carbons (Fsp3) is 1.00. The molecule has 2 atom stereocenters. The summed E-state index contributed by atoms with van der Waals surface area (Å²) < 4.78 is 0. The van der Waals surface area contributed by atoms with Crippen molar-refractivity contribution >= 4 is 0 Å². The Morgan fingerprint density at radius 3 is 2.46 bits per heavy atom. The molecule has 0 aromatic heterocycles. The highest BCUT2D eigenvalue weighted by molar-refractivity contribution is 5.10. The number of nitrogens with zero attached hydrogens (tertiary/aromatic N) is 1. The van der Waals surface area contributed by atoms with Crippen molar-refractivity contribution in [3.63, 3.8) is 0 Å². The van der Waals surface area contributed by atoms with Gasteiger partial charge < -0.3 is 5.73 Å². The van der Waals surface area contributed by atoms with Gasteiger partial charge in [0.1, 0.15) is 0 Å². The van der Waals surface area contributed by atoms with Crippen LogP contribution in [0.2, 0.25) is 0 Å². The number of hydrogen-bond donors (Lipinski definition) is 1. The lowest BCUT2D eigenvalue weighted by molar-refractivity contribution is 0.0681. The zero-order chi connectivity index (χ0) is 9.69. The van der Waals surface area contributed by atoms with Crippen LogP contribution in [0.4, 0.5) is 0 Å². The van der Waals surface area contributed by atoms with Crippen molar-refractivity contribution in [1.82, 2.24) is 4.90 Å². The summed E-state index contributed by atoms with van der Waals surface area (Å²) in [6, 6.07) is 0.498. The fourth-order valence-electron chi connectivity index (χ4n) is 2.58. The first-order chi connectivity index (χ1) is 5.94. The molecule has 2 nitrogen and oxygen atoms in total. The first-order valence-corrected chi connectivity index (χ1v) is 5.45. The summed E-state index contributed by atoms with van der Waals surface area (Å²) in [7, 11) is 0. The summed E-state index contributed by atoms with van der Waals surface area (Å²) >= 11 is 0. The topological polar surface area (TPSA) is 29.3 Å². The minimum absolute atomic E-state index is 0.329. The van der Waals surface area contributed by atoms with E-state index in [0.29, 0.717) is 17.0 Å². The molecule has 2 heteroatoms. The smallest absolute Gasteiger partial charge is 0.0125 e. The summed E-state index contributed by atoms with van der Waals surface area (Å²) in [6.07, 6.45) is 3.96. The van der Waals surface area contributed by atoms with Crippen molar-refractivity contribution < 1.29 is 0 Å². The van der Waals surface area contributed by atoms with E-state index < -0.39 is 0 Å². The third kappa shape index (κ3) is 1.62. The lowest BCUT2D eigenvalue weighted by Crippen LogP contribution is -2.49.